The first-order valence-electron chi connectivity index (χ1n) is 4.34. The first-order chi connectivity index (χ1) is 6.96. The molecule has 3 nitrogen and oxygen atoms in total. The van der Waals surface area contributed by atoms with Gasteiger partial charge in [-0.25, -0.2) is 0 Å². The zero-order valence-corrected chi connectivity index (χ0v) is 10.6. The van der Waals surface area contributed by atoms with E-state index in [2.05, 4.69) is 0 Å². The van der Waals surface area contributed by atoms with Crippen molar-refractivity contribution in [1.29, 1.82) is 0 Å². The van der Waals surface area contributed by atoms with Gasteiger partial charge in [0.25, 0.3) is 0 Å². The number of methoxy groups -OCH3 is 1. The van der Waals surface area contributed by atoms with Gasteiger partial charge in [-0.1, -0.05) is 11.8 Å². The number of carbonyl (C=O) groups excluding carboxylic acids is 1. The van der Waals surface area contributed by atoms with Crippen LogP contribution in [0, 0.1) is 0 Å². The monoisotopic (exact) mass is 244 g/mol. The lowest BCUT2D eigenvalue weighted by Crippen LogP contribution is -1.94. The molecule has 0 N–H and O–H groups in total. The van der Waals surface area contributed by atoms with E-state index in [0.29, 0.717) is 17.1 Å². The Morgan fingerprint density at radius 2 is 2.00 bits per heavy atom. The maximum atomic E-state index is 10.6. The normalized spacial score (nSPS) is 10.9. The zero-order valence-electron chi connectivity index (χ0n) is 8.89. The number of hydrogen-bond donors (Lipinski definition) is 0. The molecule has 15 heavy (non-hydrogen) atoms. The Morgan fingerprint density at radius 1 is 1.33 bits per heavy atom. The molecule has 0 heterocycles. The van der Waals surface area contributed by atoms with Crippen LogP contribution < -0.4 is 9.26 Å². The van der Waals surface area contributed by atoms with Gasteiger partial charge in [-0.15, -0.1) is 0 Å². The lowest BCUT2D eigenvalue weighted by atomic mass is 10.2. The summed E-state index contributed by atoms with van der Waals surface area (Å²) in [5, 5.41) is 0. The molecule has 0 fully saturated rings. The molecule has 0 aliphatic carbocycles. The van der Waals surface area contributed by atoms with E-state index in [1.54, 1.807) is 18.2 Å². The van der Waals surface area contributed by atoms with Gasteiger partial charge < -0.3 is 9.26 Å². The number of rotatable bonds is 4. The summed E-state index contributed by atoms with van der Waals surface area (Å²) in [4.78, 5) is 10.6. The van der Waals surface area contributed by atoms with Crippen LogP contribution in [0.3, 0.4) is 0 Å². The molecule has 0 spiro atoms. The summed E-state index contributed by atoms with van der Waals surface area (Å²) in [6.07, 6.45) is -1.02. The van der Waals surface area contributed by atoms with E-state index in [1.807, 2.05) is 13.3 Å². The zero-order chi connectivity index (χ0) is 11.5. The van der Waals surface area contributed by atoms with Crippen LogP contribution in [0.4, 0.5) is 0 Å². The molecule has 1 rings (SSSR count). The van der Waals surface area contributed by atoms with Crippen LogP contribution in [0.15, 0.2) is 18.2 Å². The highest BCUT2D eigenvalue weighted by atomic mass is 32.4. The number of benzene rings is 1. The first-order valence-corrected chi connectivity index (χ1v) is 7.95. The maximum absolute atomic E-state index is 10.6. The van der Waals surface area contributed by atoms with Gasteiger partial charge in [-0.2, -0.15) is 0 Å². The predicted octanol–water partition coefficient (Wildman–Crippen LogP) is 2.54. The third kappa shape index (κ3) is 3.65. The Morgan fingerprint density at radius 3 is 2.47 bits per heavy atom. The van der Waals surface area contributed by atoms with Crippen LogP contribution >= 0.6 is 6.26 Å². The second kappa shape index (κ2) is 4.77. The van der Waals surface area contributed by atoms with Crippen molar-refractivity contribution in [3.8, 4) is 11.5 Å². The lowest BCUT2D eigenvalue weighted by Gasteiger charge is -2.16. The fourth-order valence-electron chi connectivity index (χ4n) is 1.07. The van der Waals surface area contributed by atoms with E-state index in [1.165, 1.54) is 7.11 Å². The van der Waals surface area contributed by atoms with Gasteiger partial charge in [0.2, 0.25) is 0 Å². The van der Waals surface area contributed by atoms with Gasteiger partial charge in [0.15, 0.2) is 11.5 Å². The Labute approximate surface area is 94.5 Å². The largest absolute Gasteiger partial charge is 0.493 e. The van der Waals surface area contributed by atoms with Gasteiger partial charge in [0.05, 0.1) is 7.11 Å². The number of carbonyl (C=O) groups is 1. The van der Waals surface area contributed by atoms with Crippen LogP contribution in [-0.2, 0) is 11.8 Å². The Hall–Kier alpha value is -0.860. The molecule has 1 aromatic rings. The van der Waals surface area contributed by atoms with Crippen molar-refractivity contribution in [2.24, 2.45) is 0 Å². The number of hydrogen-bond acceptors (Lipinski definition) is 4. The molecule has 1 aromatic carbocycles. The molecule has 0 bridgehead atoms. The highest BCUT2D eigenvalue weighted by Gasteiger charge is 2.10. The Balaban J connectivity index is 3.08. The summed E-state index contributed by atoms with van der Waals surface area (Å²) < 4.78 is 10.7. The van der Waals surface area contributed by atoms with Crippen molar-refractivity contribution in [3.05, 3.63) is 23.8 Å². The molecule has 0 aliphatic rings. The van der Waals surface area contributed by atoms with Gasteiger partial charge in [0, 0.05) is 5.56 Å². The van der Waals surface area contributed by atoms with Crippen molar-refractivity contribution in [2.45, 2.75) is 0 Å². The molecule has 82 valence electrons. The summed E-state index contributed by atoms with van der Waals surface area (Å²) in [6, 6.07) is 5.01. The van der Waals surface area contributed by atoms with Crippen molar-refractivity contribution in [1.82, 2.24) is 0 Å². The van der Waals surface area contributed by atoms with Crippen LogP contribution in [0.1, 0.15) is 10.4 Å². The minimum atomic E-state index is -1.79. The molecule has 5 heteroatoms. The molecule has 0 atom stereocenters. The number of ether oxygens (including phenoxy) is 1. The summed E-state index contributed by atoms with van der Waals surface area (Å²) in [5.74, 6) is 1.13. The van der Waals surface area contributed by atoms with Crippen LogP contribution in [0.25, 0.3) is 0 Å². The average molecular weight is 244 g/mol. The van der Waals surface area contributed by atoms with Crippen molar-refractivity contribution in [3.63, 3.8) is 0 Å². The summed E-state index contributed by atoms with van der Waals surface area (Å²) in [6.45, 7) is 3.77. The van der Waals surface area contributed by atoms with Gasteiger partial charge in [0.1, 0.15) is 12.6 Å². The Bertz CT molecular complexity index is 411. The van der Waals surface area contributed by atoms with Crippen molar-refractivity contribution < 1.29 is 14.1 Å². The van der Waals surface area contributed by atoms with Gasteiger partial charge in [-0.05, 0) is 31.5 Å². The summed E-state index contributed by atoms with van der Waals surface area (Å²) in [5.41, 5.74) is 0.555. The van der Waals surface area contributed by atoms with Crippen LogP contribution in [0.2, 0.25) is 0 Å². The average Bonchev–Trinajstić information content (AvgIpc) is 2.16. The molecular weight excluding hydrogens is 231 g/mol. The molecule has 0 amide bonds. The molecule has 0 aromatic heterocycles. The SMILES string of the molecule is COc1cc(C=O)ccc1OP(C)(C)=S. The number of aldehydes is 1. The van der Waals surface area contributed by atoms with E-state index in [9.17, 15) is 4.79 Å². The topological polar surface area (TPSA) is 35.5 Å². The Kier molecular flexibility index (Phi) is 3.89. The smallest absolute Gasteiger partial charge is 0.166 e. The minimum Gasteiger partial charge on any atom is -0.493 e. The fraction of sp³-hybridized carbons (Fsp3) is 0.300. The summed E-state index contributed by atoms with van der Waals surface area (Å²) in [7, 11) is 1.53. The second-order valence-corrected chi connectivity index (χ2v) is 8.70. The van der Waals surface area contributed by atoms with Crippen molar-refractivity contribution in [2.75, 3.05) is 20.4 Å². The minimum absolute atomic E-state index is 0.539. The van der Waals surface area contributed by atoms with Crippen LogP contribution in [0.5, 0.6) is 11.5 Å². The quantitative estimate of drug-likeness (QED) is 0.602. The fourth-order valence-corrected chi connectivity index (χ4v) is 1.94. The first kappa shape index (κ1) is 12.2. The van der Waals surface area contributed by atoms with E-state index in [-0.39, 0.29) is 0 Å². The molecule has 0 radical (unpaired) electrons. The van der Waals surface area contributed by atoms with E-state index < -0.39 is 6.26 Å². The molecule has 0 saturated heterocycles. The molecule has 0 aliphatic heterocycles. The van der Waals surface area contributed by atoms with Crippen LogP contribution in [-0.4, -0.2) is 26.7 Å². The van der Waals surface area contributed by atoms with E-state index in [0.717, 1.165) is 6.29 Å². The second-order valence-electron chi connectivity index (χ2n) is 3.37. The lowest BCUT2D eigenvalue weighted by molar-refractivity contribution is 0.112. The van der Waals surface area contributed by atoms with Gasteiger partial charge in [-0.3, -0.25) is 4.79 Å². The third-order valence-electron chi connectivity index (χ3n) is 1.64. The highest BCUT2D eigenvalue weighted by molar-refractivity contribution is 8.11. The van der Waals surface area contributed by atoms with E-state index in [4.69, 9.17) is 21.1 Å². The highest BCUT2D eigenvalue weighted by Crippen LogP contribution is 2.43. The van der Waals surface area contributed by atoms with Crippen molar-refractivity contribution >= 4 is 24.4 Å². The molecular formula is C10H13O3PS. The maximum Gasteiger partial charge on any atom is 0.166 e. The standard InChI is InChI=1S/C10H13O3PS/c1-12-10-6-8(7-11)4-5-9(10)13-14(2,3)15/h4-7H,1-3H3. The van der Waals surface area contributed by atoms with E-state index >= 15 is 0 Å². The van der Waals surface area contributed by atoms with Gasteiger partial charge >= 0.3 is 0 Å². The summed E-state index contributed by atoms with van der Waals surface area (Å²) >= 11 is 5.20. The third-order valence-corrected chi connectivity index (χ3v) is 2.50. The molecule has 0 saturated carbocycles. The molecule has 0 unspecified atom stereocenters. The predicted molar refractivity (Wildman–Crippen MR) is 65.1 cm³/mol.